The Labute approximate surface area is 165 Å². The van der Waals surface area contributed by atoms with E-state index < -0.39 is 18.8 Å². The number of ether oxygens (including phenoxy) is 1. The van der Waals surface area contributed by atoms with Gasteiger partial charge in [0, 0.05) is 51.3 Å². The standard InChI is InChI=1S/C19H22F3N5O2/c1-23-17(28)16-14-11-27(25-15(14)7-9-24-16)10-12-4-5-13(6-8-19(20,21)22)26(2)18(12)29-3/h4-5,7,9,11,18H,6,8,10H2,1-3H3,(H,23,28). The molecule has 0 aromatic carbocycles. The van der Waals surface area contributed by atoms with E-state index in [2.05, 4.69) is 15.4 Å². The summed E-state index contributed by atoms with van der Waals surface area (Å²) >= 11 is 0. The van der Waals surface area contributed by atoms with Gasteiger partial charge in [0.2, 0.25) is 0 Å². The highest BCUT2D eigenvalue weighted by atomic mass is 19.4. The minimum atomic E-state index is -4.21. The number of hydrogen-bond donors (Lipinski definition) is 1. The largest absolute Gasteiger partial charge is 0.389 e. The number of amides is 1. The molecule has 1 amide bonds. The van der Waals surface area contributed by atoms with Crippen molar-refractivity contribution in [2.24, 2.45) is 0 Å². The number of methoxy groups -OCH3 is 1. The lowest BCUT2D eigenvalue weighted by molar-refractivity contribution is -0.135. The molecule has 0 saturated carbocycles. The number of allylic oxidation sites excluding steroid dienone is 3. The van der Waals surface area contributed by atoms with Gasteiger partial charge in [-0.3, -0.25) is 14.5 Å². The maximum absolute atomic E-state index is 12.6. The average molecular weight is 409 g/mol. The molecule has 1 unspecified atom stereocenters. The second kappa shape index (κ2) is 8.24. The van der Waals surface area contributed by atoms with E-state index in [1.165, 1.54) is 20.4 Å². The van der Waals surface area contributed by atoms with Gasteiger partial charge in [-0.05, 0) is 18.6 Å². The van der Waals surface area contributed by atoms with Crippen LogP contribution in [0.15, 0.2) is 41.9 Å². The molecule has 0 radical (unpaired) electrons. The topological polar surface area (TPSA) is 72.3 Å². The van der Waals surface area contributed by atoms with Gasteiger partial charge in [0.25, 0.3) is 5.91 Å². The SMILES string of the molecule is CNC(=O)c1nccc2nn(CC3=CC=C(CCC(F)(F)F)N(C)C3OC)cc12. The number of alkyl halides is 3. The van der Waals surface area contributed by atoms with E-state index in [-0.39, 0.29) is 18.0 Å². The number of carbonyl (C=O) groups excluding carboxylic acids is 1. The molecule has 10 heteroatoms. The van der Waals surface area contributed by atoms with Crippen LogP contribution in [0.4, 0.5) is 13.2 Å². The summed E-state index contributed by atoms with van der Waals surface area (Å²) in [5.41, 5.74) is 2.28. The summed E-state index contributed by atoms with van der Waals surface area (Å²) < 4.78 is 44.9. The van der Waals surface area contributed by atoms with Crippen molar-refractivity contribution in [1.82, 2.24) is 25.0 Å². The predicted octanol–water partition coefficient (Wildman–Crippen LogP) is 2.86. The van der Waals surface area contributed by atoms with Gasteiger partial charge in [-0.1, -0.05) is 6.08 Å². The summed E-state index contributed by atoms with van der Waals surface area (Å²) in [4.78, 5) is 17.8. The van der Waals surface area contributed by atoms with Crippen LogP contribution in [-0.4, -0.2) is 59.2 Å². The fourth-order valence-electron chi connectivity index (χ4n) is 3.33. The number of carbonyl (C=O) groups is 1. The lowest BCUT2D eigenvalue weighted by atomic mass is 10.1. The zero-order valence-electron chi connectivity index (χ0n) is 16.3. The molecule has 2 aromatic rings. The monoisotopic (exact) mass is 409 g/mol. The van der Waals surface area contributed by atoms with Crippen LogP contribution < -0.4 is 5.32 Å². The zero-order valence-corrected chi connectivity index (χ0v) is 16.3. The average Bonchev–Trinajstić information content (AvgIpc) is 3.08. The van der Waals surface area contributed by atoms with Crippen LogP contribution in [0.1, 0.15) is 23.3 Å². The van der Waals surface area contributed by atoms with E-state index in [9.17, 15) is 18.0 Å². The first-order valence-electron chi connectivity index (χ1n) is 8.99. The Kier molecular flexibility index (Phi) is 5.92. The molecule has 0 bridgehead atoms. The summed E-state index contributed by atoms with van der Waals surface area (Å²) in [6, 6.07) is 1.71. The van der Waals surface area contributed by atoms with Gasteiger partial charge < -0.3 is 15.0 Å². The molecule has 1 aliphatic rings. The first-order chi connectivity index (χ1) is 13.7. The number of halogens is 3. The number of aromatic nitrogens is 3. The van der Waals surface area contributed by atoms with Gasteiger partial charge >= 0.3 is 6.18 Å². The van der Waals surface area contributed by atoms with E-state index in [1.807, 2.05) is 0 Å². The van der Waals surface area contributed by atoms with Crippen LogP contribution in [0.25, 0.3) is 10.9 Å². The molecule has 0 aliphatic carbocycles. The molecular weight excluding hydrogens is 387 g/mol. The van der Waals surface area contributed by atoms with Crippen molar-refractivity contribution in [3.63, 3.8) is 0 Å². The van der Waals surface area contributed by atoms with Crippen LogP contribution in [0.2, 0.25) is 0 Å². The summed E-state index contributed by atoms with van der Waals surface area (Å²) in [6.07, 6.45) is 0.974. The third-order valence-electron chi connectivity index (χ3n) is 4.77. The maximum atomic E-state index is 12.6. The summed E-state index contributed by atoms with van der Waals surface area (Å²) in [5.74, 6) is -0.307. The Bertz CT molecular complexity index is 964. The Hall–Kier alpha value is -2.88. The Balaban J connectivity index is 1.85. The first-order valence-corrected chi connectivity index (χ1v) is 8.99. The van der Waals surface area contributed by atoms with Gasteiger partial charge in [-0.25, -0.2) is 0 Å². The van der Waals surface area contributed by atoms with Crippen LogP contribution in [0.3, 0.4) is 0 Å². The lowest BCUT2D eigenvalue weighted by Crippen LogP contribution is -2.37. The molecule has 2 aromatic heterocycles. The molecule has 7 nitrogen and oxygen atoms in total. The van der Waals surface area contributed by atoms with Gasteiger partial charge in [-0.2, -0.15) is 18.3 Å². The number of nitrogens with zero attached hydrogens (tertiary/aromatic N) is 4. The molecule has 0 fully saturated rings. The van der Waals surface area contributed by atoms with Gasteiger partial charge in [-0.15, -0.1) is 0 Å². The van der Waals surface area contributed by atoms with E-state index in [4.69, 9.17) is 4.74 Å². The van der Waals surface area contributed by atoms with Crippen LogP contribution in [0.5, 0.6) is 0 Å². The highest BCUT2D eigenvalue weighted by Gasteiger charge is 2.30. The maximum Gasteiger partial charge on any atom is 0.389 e. The highest BCUT2D eigenvalue weighted by molar-refractivity contribution is 6.03. The molecule has 3 heterocycles. The fraction of sp³-hybridized carbons (Fsp3) is 0.421. The molecule has 156 valence electrons. The van der Waals surface area contributed by atoms with Crippen molar-refractivity contribution in [1.29, 1.82) is 0 Å². The number of rotatable bonds is 6. The highest BCUT2D eigenvalue weighted by Crippen LogP contribution is 2.29. The zero-order chi connectivity index (χ0) is 21.2. The smallest absolute Gasteiger partial charge is 0.358 e. The normalized spacial score (nSPS) is 17.3. The number of nitrogens with one attached hydrogen (secondary N) is 1. The molecular formula is C19H22F3N5O2. The molecule has 29 heavy (non-hydrogen) atoms. The molecule has 1 atom stereocenters. The molecule has 3 rings (SSSR count). The minimum Gasteiger partial charge on any atom is -0.358 e. The number of likely N-dealkylation sites (N-methyl/N-ethyl adjacent to an activating group) is 1. The van der Waals surface area contributed by atoms with Crippen molar-refractivity contribution in [3.8, 4) is 0 Å². The van der Waals surface area contributed by atoms with Gasteiger partial charge in [0.15, 0.2) is 6.23 Å². The molecule has 1 N–H and O–H groups in total. The number of pyridine rings is 1. The second-order valence-corrected chi connectivity index (χ2v) is 6.71. The van der Waals surface area contributed by atoms with E-state index in [1.54, 1.807) is 41.0 Å². The fourth-order valence-corrected chi connectivity index (χ4v) is 3.33. The predicted molar refractivity (Wildman–Crippen MR) is 101 cm³/mol. The van der Waals surface area contributed by atoms with Gasteiger partial charge in [0.1, 0.15) is 5.69 Å². The van der Waals surface area contributed by atoms with Crippen molar-refractivity contribution in [2.45, 2.75) is 31.8 Å². The summed E-state index contributed by atoms with van der Waals surface area (Å²) in [6.45, 7) is 0.355. The van der Waals surface area contributed by atoms with E-state index >= 15 is 0 Å². The summed E-state index contributed by atoms with van der Waals surface area (Å²) in [7, 11) is 4.74. The first kappa shape index (κ1) is 20.8. The van der Waals surface area contributed by atoms with Crippen molar-refractivity contribution < 1.29 is 22.7 Å². The second-order valence-electron chi connectivity index (χ2n) is 6.71. The van der Waals surface area contributed by atoms with Crippen LogP contribution in [-0.2, 0) is 11.3 Å². The number of hydrogen-bond acceptors (Lipinski definition) is 5. The third-order valence-corrected chi connectivity index (χ3v) is 4.77. The Morgan fingerprint density at radius 3 is 2.76 bits per heavy atom. The Morgan fingerprint density at radius 2 is 2.10 bits per heavy atom. The van der Waals surface area contributed by atoms with Crippen molar-refractivity contribution >= 4 is 16.8 Å². The van der Waals surface area contributed by atoms with Crippen LogP contribution >= 0.6 is 0 Å². The molecule has 0 spiro atoms. The van der Waals surface area contributed by atoms with Gasteiger partial charge in [0.05, 0.1) is 17.4 Å². The van der Waals surface area contributed by atoms with E-state index in [0.29, 0.717) is 23.1 Å². The molecule has 1 aliphatic heterocycles. The Morgan fingerprint density at radius 1 is 1.34 bits per heavy atom. The third kappa shape index (κ3) is 4.58. The molecule has 0 saturated heterocycles. The summed E-state index contributed by atoms with van der Waals surface area (Å²) in [5, 5.41) is 7.64. The lowest BCUT2D eigenvalue weighted by Gasteiger charge is -2.35. The van der Waals surface area contributed by atoms with Crippen molar-refractivity contribution in [2.75, 3.05) is 21.2 Å². The minimum absolute atomic E-state index is 0.115. The van der Waals surface area contributed by atoms with E-state index in [0.717, 1.165) is 5.57 Å². The van der Waals surface area contributed by atoms with Crippen LogP contribution in [0, 0.1) is 0 Å². The van der Waals surface area contributed by atoms with Crippen molar-refractivity contribution in [3.05, 3.63) is 47.6 Å². The quantitative estimate of drug-likeness (QED) is 0.795. The number of fused-ring (bicyclic) bond motifs is 1.